The summed E-state index contributed by atoms with van der Waals surface area (Å²) in [6.07, 6.45) is 11.7. The van der Waals surface area contributed by atoms with Crippen LogP contribution in [0.5, 0.6) is 6.01 Å². The topological polar surface area (TPSA) is 83.1 Å². The zero-order valence-electron chi connectivity index (χ0n) is 18.2. The van der Waals surface area contributed by atoms with Gasteiger partial charge in [-0.1, -0.05) is 0 Å². The molecule has 3 aromatic heterocycles. The van der Waals surface area contributed by atoms with E-state index in [0.29, 0.717) is 25.1 Å². The first-order valence-electron chi connectivity index (χ1n) is 11.0. The van der Waals surface area contributed by atoms with Gasteiger partial charge in [0.1, 0.15) is 5.69 Å². The van der Waals surface area contributed by atoms with Gasteiger partial charge in [-0.05, 0) is 45.3 Å². The van der Waals surface area contributed by atoms with Crippen molar-refractivity contribution >= 4 is 0 Å². The lowest BCUT2D eigenvalue weighted by molar-refractivity contribution is 0.145. The van der Waals surface area contributed by atoms with Crippen LogP contribution < -0.4 is 4.74 Å². The number of nitrogens with zero attached hydrogens (tertiary/aromatic N) is 7. The fraction of sp³-hybridized carbons (Fsp3) is 0.545. The van der Waals surface area contributed by atoms with Gasteiger partial charge in [-0.2, -0.15) is 10.2 Å². The van der Waals surface area contributed by atoms with E-state index < -0.39 is 0 Å². The second kappa shape index (κ2) is 8.76. The SMILES string of the molecule is COc1ncc(-n2nc(-c3cnn(CC4CCN(C)CC4)c3)c3c2CCOCC3)cn1. The minimum Gasteiger partial charge on any atom is -0.467 e. The fourth-order valence-electron chi connectivity index (χ4n) is 4.51. The van der Waals surface area contributed by atoms with E-state index in [0.717, 1.165) is 42.0 Å². The molecule has 2 aliphatic rings. The Morgan fingerprint density at radius 2 is 1.87 bits per heavy atom. The lowest BCUT2D eigenvalue weighted by Gasteiger charge is -2.28. The molecule has 0 amide bonds. The first-order valence-corrected chi connectivity index (χ1v) is 11.0. The van der Waals surface area contributed by atoms with Gasteiger partial charge in [0, 0.05) is 30.3 Å². The number of rotatable bonds is 5. The van der Waals surface area contributed by atoms with Crippen LogP contribution in [0, 0.1) is 5.92 Å². The third kappa shape index (κ3) is 4.20. The van der Waals surface area contributed by atoms with Crippen LogP contribution in [0.1, 0.15) is 24.1 Å². The van der Waals surface area contributed by atoms with Crippen LogP contribution in [-0.4, -0.2) is 74.9 Å². The van der Waals surface area contributed by atoms with Crippen LogP contribution >= 0.6 is 0 Å². The summed E-state index contributed by atoms with van der Waals surface area (Å²) in [6.45, 7) is 4.69. The van der Waals surface area contributed by atoms with Crippen LogP contribution in [0.25, 0.3) is 16.9 Å². The summed E-state index contributed by atoms with van der Waals surface area (Å²) < 4.78 is 14.9. The summed E-state index contributed by atoms with van der Waals surface area (Å²) in [7, 11) is 3.76. The smallest absolute Gasteiger partial charge is 0.316 e. The Balaban J connectivity index is 1.45. The molecular formula is C22H29N7O2. The number of aromatic nitrogens is 6. The van der Waals surface area contributed by atoms with Crippen LogP contribution in [0.4, 0.5) is 0 Å². The van der Waals surface area contributed by atoms with Crippen molar-refractivity contribution in [2.45, 2.75) is 32.2 Å². The first kappa shape index (κ1) is 20.1. The molecule has 31 heavy (non-hydrogen) atoms. The lowest BCUT2D eigenvalue weighted by Crippen LogP contribution is -2.31. The predicted octanol–water partition coefficient (Wildman–Crippen LogP) is 1.99. The van der Waals surface area contributed by atoms with Gasteiger partial charge in [0.15, 0.2) is 0 Å². The molecule has 0 unspecified atom stereocenters. The zero-order valence-corrected chi connectivity index (χ0v) is 18.2. The summed E-state index contributed by atoms with van der Waals surface area (Å²) in [5.74, 6) is 0.684. The fourth-order valence-corrected chi connectivity index (χ4v) is 4.51. The molecule has 2 aliphatic heterocycles. The van der Waals surface area contributed by atoms with Gasteiger partial charge in [0.25, 0.3) is 0 Å². The molecule has 5 heterocycles. The summed E-state index contributed by atoms with van der Waals surface area (Å²) in [4.78, 5) is 10.9. The largest absolute Gasteiger partial charge is 0.467 e. The van der Waals surface area contributed by atoms with Crippen LogP contribution in [0.15, 0.2) is 24.8 Å². The average molecular weight is 424 g/mol. The van der Waals surface area contributed by atoms with Gasteiger partial charge in [-0.15, -0.1) is 0 Å². The molecule has 164 valence electrons. The van der Waals surface area contributed by atoms with E-state index >= 15 is 0 Å². The zero-order chi connectivity index (χ0) is 21.2. The highest BCUT2D eigenvalue weighted by atomic mass is 16.5. The van der Waals surface area contributed by atoms with E-state index in [-0.39, 0.29) is 0 Å². The molecule has 0 aliphatic carbocycles. The van der Waals surface area contributed by atoms with Crippen molar-refractivity contribution in [3.8, 4) is 23.0 Å². The number of methoxy groups -OCH3 is 1. The van der Waals surface area contributed by atoms with E-state index in [4.69, 9.17) is 14.6 Å². The summed E-state index contributed by atoms with van der Waals surface area (Å²) in [5.41, 5.74) is 5.24. The number of piperidine rings is 1. The van der Waals surface area contributed by atoms with Crippen molar-refractivity contribution in [2.75, 3.05) is 40.5 Å². The molecule has 3 aromatic rings. The number of hydrogen-bond donors (Lipinski definition) is 0. The maximum Gasteiger partial charge on any atom is 0.316 e. The third-order valence-electron chi connectivity index (χ3n) is 6.30. The minimum atomic E-state index is 0.348. The Morgan fingerprint density at radius 3 is 2.65 bits per heavy atom. The first-order chi connectivity index (χ1) is 15.2. The third-order valence-corrected chi connectivity index (χ3v) is 6.30. The Bertz CT molecular complexity index is 1020. The Labute approximate surface area is 182 Å². The van der Waals surface area contributed by atoms with Crippen LogP contribution in [-0.2, 0) is 24.1 Å². The molecule has 0 N–H and O–H groups in total. The average Bonchev–Trinajstić information content (AvgIpc) is 3.32. The van der Waals surface area contributed by atoms with E-state index in [1.807, 2.05) is 10.9 Å². The highest BCUT2D eigenvalue weighted by Gasteiger charge is 2.24. The Kier molecular flexibility index (Phi) is 5.69. The molecule has 1 saturated heterocycles. The second-order valence-corrected chi connectivity index (χ2v) is 8.42. The molecule has 5 rings (SSSR count). The van der Waals surface area contributed by atoms with E-state index in [9.17, 15) is 0 Å². The Morgan fingerprint density at radius 1 is 1.10 bits per heavy atom. The summed E-state index contributed by atoms with van der Waals surface area (Å²) in [6, 6.07) is 0.348. The van der Waals surface area contributed by atoms with Crippen molar-refractivity contribution in [1.29, 1.82) is 0 Å². The maximum atomic E-state index is 5.75. The molecule has 0 radical (unpaired) electrons. The quantitative estimate of drug-likeness (QED) is 0.621. The van der Waals surface area contributed by atoms with Crippen LogP contribution in [0.2, 0.25) is 0 Å². The van der Waals surface area contributed by atoms with E-state index in [1.54, 1.807) is 19.5 Å². The molecule has 9 nitrogen and oxygen atoms in total. The Hall–Kier alpha value is -2.78. The molecule has 0 aromatic carbocycles. The molecular weight excluding hydrogens is 394 g/mol. The molecule has 9 heteroatoms. The summed E-state index contributed by atoms with van der Waals surface area (Å²) in [5, 5.41) is 9.64. The van der Waals surface area contributed by atoms with Gasteiger partial charge in [0.2, 0.25) is 0 Å². The van der Waals surface area contributed by atoms with Crippen molar-refractivity contribution in [2.24, 2.45) is 5.92 Å². The van der Waals surface area contributed by atoms with Gasteiger partial charge in [-0.3, -0.25) is 4.68 Å². The lowest BCUT2D eigenvalue weighted by atomic mass is 9.97. The molecule has 0 bridgehead atoms. The standard InChI is InChI=1S/C22H29N7O2/c1-27-7-3-16(4-8-27)14-28-15-17(11-25-28)21-19-5-9-31-10-6-20(19)29(26-21)18-12-23-22(30-2)24-13-18/h11-13,15-16H,3-10,14H2,1-2H3. The van der Waals surface area contributed by atoms with Gasteiger partial charge in [-0.25, -0.2) is 14.6 Å². The number of hydrogen-bond acceptors (Lipinski definition) is 7. The number of fused-ring (bicyclic) bond motifs is 1. The molecule has 0 spiro atoms. The number of likely N-dealkylation sites (tertiary alicyclic amines) is 1. The normalized spacial score (nSPS) is 18.0. The summed E-state index contributed by atoms with van der Waals surface area (Å²) >= 11 is 0. The second-order valence-electron chi connectivity index (χ2n) is 8.42. The van der Waals surface area contributed by atoms with Crippen molar-refractivity contribution in [3.05, 3.63) is 36.0 Å². The highest BCUT2D eigenvalue weighted by Crippen LogP contribution is 2.30. The number of ether oxygens (including phenoxy) is 2. The van der Waals surface area contributed by atoms with Crippen molar-refractivity contribution in [3.63, 3.8) is 0 Å². The predicted molar refractivity (Wildman–Crippen MR) is 115 cm³/mol. The van der Waals surface area contributed by atoms with Gasteiger partial charge < -0.3 is 14.4 Å². The monoisotopic (exact) mass is 423 g/mol. The van der Waals surface area contributed by atoms with Crippen molar-refractivity contribution in [1.82, 2.24) is 34.4 Å². The van der Waals surface area contributed by atoms with E-state index in [1.165, 1.54) is 31.5 Å². The van der Waals surface area contributed by atoms with Gasteiger partial charge >= 0.3 is 6.01 Å². The molecule has 0 atom stereocenters. The minimum absolute atomic E-state index is 0.348. The molecule has 1 fully saturated rings. The van der Waals surface area contributed by atoms with E-state index in [2.05, 4.69) is 37.9 Å². The van der Waals surface area contributed by atoms with Crippen molar-refractivity contribution < 1.29 is 9.47 Å². The molecule has 0 saturated carbocycles. The highest BCUT2D eigenvalue weighted by molar-refractivity contribution is 5.64. The van der Waals surface area contributed by atoms with Crippen LogP contribution in [0.3, 0.4) is 0 Å². The maximum absolute atomic E-state index is 5.75. The van der Waals surface area contributed by atoms with Gasteiger partial charge in [0.05, 0.1) is 50.3 Å².